The van der Waals surface area contributed by atoms with Crippen LogP contribution < -0.4 is 0 Å². The largest absolute Gasteiger partial charge is 0.465 e. The van der Waals surface area contributed by atoms with Crippen LogP contribution in [-0.4, -0.2) is 67.5 Å². The lowest BCUT2D eigenvalue weighted by Gasteiger charge is -2.18. The molecule has 0 aliphatic heterocycles. The van der Waals surface area contributed by atoms with Crippen LogP contribution in [0.15, 0.2) is 12.2 Å². The van der Waals surface area contributed by atoms with E-state index in [9.17, 15) is 14.4 Å². The standard InChI is InChI=1S/C27H47NO5S/c1-24-12-6-3-4-8-14-25(15-9-5-7-13-24)32-20-11-22-34-23-21-33-27(31)17-18-28(2)26(30)16-10-19-29/h10,16,19,24-25H,3-9,11-15,17-18,20-23H2,1-2H3/b16-10-. The molecule has 1 aliphatic carbocycles. The maximum absolute atomic E-state index is 11.8. The normalized spacial score (nSPS) is 20.6. The molecule has 0 heterocycles. The van der Waals surface area contributed by atoms with Gasteiger partial charge in [-0.2, -0.15) is 11.8 Å². The minimum absolute atomic E-state index is 0.149. The minimum atomic E-state index is -0.310. The van der Waals surface area contributed by atoms with Gasteiger partial charge in [0.25, 0.3) is 0 Å². The van der Waals surface area contributed by atoms with Crippen molar-refractivity contribution in [2.45, 2.75) is 96.5 Å². The predicted octanol–water partition coefficient (Wildman–Crippen LogP) is 5.58. The maximum atomic E-state index is 11.8. The number of likely N-dealkylation sites (N-methyl/N-ethyl adjacent to an activating group) is 1. The fraction of sp³-hybridized carbons (Fsp3) is 0.815. The van der Waals surface area contributed by atoms with Crippen LogP contribution in [0.3, 0.4) is 0 Å². The first-order valence-corrected chi connectivity index (χ1v) is 14.4. The molecule has 0 saturated heterocycles. The van der Waals surface area contributed by atoms with Crippen molar-refractivity contribution in [3.05, 3.63) is 12.2 Å². The van der Waals surface area contributed by atoms with Gasteiger partial charge in [0, 0.05) is 32.0 Å². The van der Waals surface area contributed by atoms with Crippen molar-refractivity contribution in [3.63, 3.8) is 0 Å². The number of allylic oxidation sites excluding steroid dienone is 1. The number of thioether (sulfide) groups is 1. The highest BCUT2D eigenvalue weighted by Gasteiger charge is 2.11. The zero-order valence-electron chi connectivity index (χ0n) is 21.5. The lowest BCUT2D eigenvalue weighted by molar-refractivity contribution is -0.143. The molecule has 196 valence electrons. The van der Waals surface area contributed by atoms with E-state index in [-0.39, 0.29) is 24.8 Å². The molecule has 0 aromatic carbocycles. The van der Waals surface area contributed by atoms with Crippen LogP contribution in [0.4, 0.5) is 0 Å². The fourth-order valence-corrected chi connectivity index (χ4v) is 4.86. The first-order valence-electron chi connectivity index (χ1n) is 13.2. The molecule has 0 spiro atoms. The molecule has 0 N–H and O–H groups in total. The van der Waals surface area contributed by atoms with Gasteiger partial charge in [-0.3, -0.25) is 14.4 Å². The third-order valence-corrected chi connectivity index (χ3v) is 7.35. The van der Waals surface area contributed by atoms with E-state index in [1.165, 1.54) is 81.6 Å². The van der Waals surface area contributed by atoms with Crippen molar-refractivity contribution in [2.24, 2.45) is 5.92 Å². The van der Waals surface area contributed by atoms with Crippen LogP contribution in [0.2, 0.25) is 0 Å². The summed E-state index contributed by atoms with van der Waals surface area (Å²) < 4.78 is 11.5. The summed E-state index contributed by atoms with van der Waals surface area (Å²) in [5.41, 5.74) is 0. The second kappa shape index (κ2) is 21.0. The molecule has 34 heavy (non-hydrogen) atoms. The van der Waals surface area contributed by atoms with E-state index in [4.69, 9.17) is 9.47 Å². The van der Waals surface area contributed by atoms with Gasteiger partial charge in [-0.05, 0) is 37.0 Å². The van der Waals surface area contributed by atoms with Crippen LogP contribution in [0.1, 0.15) is 90.4 Å². The number of ether oxygens (including phenoxy) is 2. The Hall–Kier alpha value is -1.34. The molecular formula is C27H47NO5S. The molecule has 1 saturated carbocycles. The summed E-state index contributed by atoms with van der Waals surface area (Å²) in [6.07, 6.45) is 19.0. The highest BCUT2D eigenvalue weighted by molar-refractivity contribution is 7.99. The Balaban J connectivity index is 2.05. The topological polar surface area (TPSA) is 72.9 Å². The molecular weight excluding hydrogens is 450 g/mol. The Morgan fingerprint density at radius 1 is 0.941 bits per heavy atom. The maximum Gasteiger partial charge on any atom is 0.307 e. The third-order valence-electron chi connectivity index (χ3n) is 6.32. The number of aldehydes is 1. The molecule has 2 unspecified atom stereocenters. The fourth-order valence-electron chi connectivity index (χ4n) is 4.13. The Bertz CT molecular complexity index is 583. The van der Waals surface area contributed by atoms with Gasteiger partial charge in [-0.25, -0.2) is 0 Å². The summed E-state index contributed by atoms with van der Waals surface area (Å²) in [7, 11) is 1.59. The number of hydrogen-bond acceptors (Lipinski definition) is 6. The van der Waals surface area contributed by atoms with Crippen molar-refractivity contribution < 1.29 is 23.9 Å². The monoisotopic (exact) mass is 497 g/mol. The Morgan fingerprint density at radius 3 is 2.26 bits per heavy atom. The number of hydrogen-bond donors (Lipinski definition) is 0. The van der Waals surface area contributed by atoms with Crippen molar-refractivity contribution in [3.8, 4) is 0 Å². The van der Waals surface area contributed by atoms with E-state index in [0.717, 1.165) is 36.5 Å². The van der Waals surface area contributed by atoms with Crippen molar-refractivity contribution in [2.75, 3.05) is 38.3 Å². The second-order valence-electron chi connectivity index (χ2n) is 9.42. The second-order valence-corrected chi connectivity index (χ2v) is 10.6. The third kappa shape index (κ3) is 17.1. The summed E-state index contributed by atoms with van der Waals surface area (Å²) in [5, 5.41) is 0. The van der Waals surface area contributed by atoms with Crippen molar-refractivity contribution in [1.29, 1.82) is 0 Å². The van der Waals surface area contributed by atoms with E-state index >= 15 is 0 Å². The molecule has 1 fully saturated rings. The lowest BCUT2D eigenvalue weighted by Crippen LogP contribution is -2.28. The summed E-state index contributed by atoms with van der Waals surface area (Å²) in [6.45, 7) is 3.88. The quantitative estimate of drug-likeness (QED) is 0.143. The van der Waals surface area contributed by atoms with Gasteiger partial charge in [-0.1, -0.05) is 64.7 Å². The van der Waals surface area contributed by atoms with Crippen LogP contribution >= 0.6 is 11.8 Å². The average molecular weight is 498 g/mol. The highest BCUT2D eigenvalue weighted by Crippen LogP contribution is 2.21. The van der Waals surface area contributed by atoms with Gasteiger partial charge in [-0.15, -0.1) is 0 Å². The van der Waals surface area contributed by atoms with Crippen LogP contribution in [-0.2, 0) is 23.9 Å². The molecule has 1 amide bonds. The Kier molecular flexibility index (Phi) is 18.9. The van der Waals surface area contributed by atoms with Crippen molar-refractivity contribution in [1.82, 2.24) is 4.90 Å². The van der Waals surface area contributed by atoms with Gasteiger partial charge in [0.05, 0.1) is 12.5 Å². The number of nitrogens with zero attached hydrogens (tertiary/aromatic N) is 1. The van der Waals surface area contributed by atoms with Gasteiger partial charge in [0.2, 0.25) is 5.91 Å². The van der Waals surface area contributed by atoms with Gasteiger partial charge in [0.15, 0.2) is 0 Å². The van der Waals surface area contributed by atoms with E-state index in [2.05, 4.69) is 6.92 Å². The van der Waals surface area contributed by atoms with E-state index < -0.39 is 0 Å². The first-order chi connectivity index (χ1) is 16.5. The van der Waals surface area contributed by atoms with Crippen LogP contribution in [0, 0.1) is 5.92 Å². The molecule has 2 atom stereocenters. The summed E-state index contributed by atoms with van der Waals surface area (Å²) >= 11 is 1.78. The Labute approximate surface area is 211 Å². The zero-order chi connectivity index (χ0) is 24.9. The molecule has 0 aromatic heterocycles. The summed E-state index contributed by atoms with van der Waals surface area (Å²) in [5.74, 6) is 2.05. The molecule has 0 aromatic rings. The van der Waals surface area contributed by atoms with E-state index in [1.54, 1.807) is 18.8 Å². The molecule has 7 heteroatoms. The summed E-state index contributed by atoms with van der Waals surface area (Å²) in [4.78, 5) is 35.1. The van der Waals surface area contributed by atoms with E-state index in [0.29, 0.717) is 19.0 Å². The molecule has 1 aliphatic rings. The smallest absolute Gasteiger partial charge is 0.307 e. The zero-order valence-corrected chi connectivity index (χ0v) is 22.3. The van der Waals surface area contributed by atoms with Crippen molar-refractivity contribution >= 4 is 29.9 Å². The van der Waals surface area contributed by atoms with Crippen LogP contribution in [0.25, 0.3) is 0 Å². The van der Waals surface area contributed by atoms with Gasteiger partial charge in [0.1, 0.15) is 12.9 Å². The predicted molar refractivity (Wildman–Crippen MR) is 140 cm³/mol. The highest BCUT2D eigenvalue weighted by atomic mass is 32.2. The van der Waals surface area contributed by atoms with Gasteiger partial charge < -0.3 is 14.4 Å². The first kappa shape index (κ1) is 30.7. The number of esters is 1. The number of rotatable bonds is 13. The Morgan fingerprint density at radius 2 is 1.59 bits per heavy atom. The average Bonchev–Trinajstić information content (AvgIpc) is 2.85. The molecule has 0 radical (unpaired) electrons. The number of carbonyl (C=O) groups excluding carboxylic acids is 3. The SMILES string of the molecule is CC1CCCCCCC(OCCCSCCOC(=O)CCN(C)C(=O)/C=C\C=O)CCCCC1. The number of carbonyl (C=O) groups is 3. The minimum Gasteiger partial charge on any atom is -0.465 e. The molecule has 1 rings (SSSR count). The van der Waals surface area contributed by atoms with E-state index in [1.807, 2.05) is 0 Å². The van der Waals surface area contributed by atoms with Gasteiger partial charge >= 0.3 is 5.97 Å². The molecule has 0 bridgehead atoms. The number of amides is 1. The lowest BCUT2D eigenvalue weighted by atomic mass is 9.97. The molecule has 6 nitrogen and oxygen atoms in total. The summed E-state index contributed by atoms with van der Waals surface area (Å²) in [6, 6.07) is 0. The van der Waals surface area contributed by atoms with Crippen LogP contribution in [0.5, 0.6) is 0 Å².